The van der Waals surface area contributed by atoms with E-state index in [1.165, 1.54) is 18.0 Å². The Bertz CT molecular complexity index is 637. The maximum absolute atomic E-state index is 10.9. The van der Waals surface area contributed by atoms with Crippen LogP contribution >= 0.6 is 11.8 Å². The average Bonchev–Trinajstić information content (AvgIpc) is 2.97. The first-order chi connectivity index (χ1) is 10.0. The van der Waals surface area contributed by atoms with Gasteiger partial charge in [0.1, 0.15) is 18.6 Å². The van der Waals surface area contributed by atoms with Gasteiger partial charge in [-0.2, -0.15) is 0 Å². The van der Waals surface area contributed by atoms with Crippen LogP contribution in [-0.4, -0.2) is 41.5 Å². The van der Waals surface area contributed by atoms with Crippen LogP contribution < -0.4 is 5.73 Å². The summed E-state index contributed by atoms with van der Waals surface area (Å²) in [5, 5.41) is 19.8. The largest absolute Gasteiger partial charge is 0.358 e. The van der Waals surface area contributed by atoms with Crippen LogP contribution in [0.25, 0.3) is 0 Å². The number of nitro groups is 1. The highest BCUT2D eigenvalue weighted by Crippen LogP contribution is 2.19. The van der Waals surface area contributed by atoms with E-state index in [1.807, 2.05) is 11.5 Å². The number of nitrogens with zero attached hydrogens (tertiary/aromatic N) is 6. The molecule has 2 heterocycles. The Labute approximate surface area is 125 Å². The topological polar surface area (TPSA) is 118 Å². The van der Waals surface area contributed by atoms with Crippen molar-refractivity contribution in [3.8, 4) is 0 Å². The Balaban J connectivity index is 2.02. The summed E-state index contributed by atoms with van der Waals surface area (Å²) < 4.78 is 3.53. The van der Waals surface area contributed by atoms with Crippen LogP contribution in [0.2, 0.25) is 0 Å². The minimum absolute atomic E-state index is 0.00713. The van der Waals surface area contributed by atoms with Gasteiger partial charge in [0.25, 0.3) is 0 Å². The molecule has 0 aliphatic carbocycles. The molecular weight excluding hydrogens is 294 g/mol. The molecule has 0 spiro atoms. The summed E-state index contributed by atoms with van der Waals surface area (Å²) in [4.78, 5) is 14.5. The van der Waals surface area contributed by atoms with Crippen LogP contribution in [0.4, 0.5) is 5.82 Å². The zero-order valence-corrected chi connectivity index (χ0v) is 12.7. The molecule has 0 amide bonds. The summed E-state index contributed by atoms with van der Waals surface area (Å²) in [5.74, 6) is 2.09. The maximum atomic E-state index is 10.9. The van der Waals surface area contributed by atoms with Crippen molar-refractivity contribution in [2.45, 2.75) is 32.1 Å². The van der Waals surface area contributed by atoms with Crippen molar-refractivity contribution >= 4 is 17.6 Å². The molecule has 10 heteroatoms. The number of nitrogens with two attached hydrogens (primary N) is 1. The van der Waals surface area contributed by atoms with E-state index >= 15 is 0 Å². The van der Waals surface area contributed by atoms with E-state index in [9.17, 15) is 10.1 Å². The van der Waals surface area contributed by atoms with Gasteiger partial charge in [-0.05, 0) is 11.8 Å². The monoisotopic (exact) mass is 311 g/mol. The highest BCUT2D eigenvalue weighted by molar-refractivity contribution is 7.99. The molecule has 2 rings (SSSR count). The fourth-order valence-corrected chi connectivity index (χ4v) is 2.90. The second kappa shape index (κ2) is 6.68. The lowest BCUT2D eigenvalue weighted by Crippen LogP contribution is -2.12. The number of hydrogen-bond donors (Lipinski definition) is 1. The van der Waals surface area contributed by atoms with Crippen LogP contribution in [0.1, 0.15) is 11.6 Å². The minimum Gasteiger partial charge on any atom is -0.358 e. The molecule has 0 aliphatic rings. The molecule has 0 unspecified atom stereocenters. The Hall–Kier alpha value is -1.94. The standard InChI is InChI=1S/C11H17N7O2S/c1-8-13-7-10(18(19)20)16(8)5-6-21-11-15-14-9(2)17(11)4-3-12/h7H,3-6,12H2,1-2H3. The fourth-order valence-electron chi connectivity index (χ4n) is 1.96. The van der Waals surface area contributed by atoms with Crippen LogP contribution in [0.5, 0.6) is 0 Å². The summed E-state index contributed by atoms with van der Waals surface area (Å²) in [6.07, 6.45) is 1.28. The molecule has 0 atom stereocenters. The van der Waals surface area contributed by atoms with Crippen molar-refractivity contribution in [3.63, 3.8) is 0 Å². The van der Waals surface area contributed by atoms with E-state index in [0.29, 0.717) is 31.2 Å². The van der Waals surface area contributed by atoms with Gasteiger partial charge in [0.2, 0.25) is 0 Å². The van der Waals surface area contributed by atoms with Gasteiger partial charge in [0.15, 0.2) is 11.0 Å². The number of thioether (sulfide) groups is 1. The first-order valence-corrected chi connectivity index (χ1v) is 7.42. The lowest BCUT2D eigenvalue weighted by atomic mass is 10.6. The van der Waals surface area contributed by atoms with Gasteiger partial charge in [-0.3, -0.25) is 0 Å². The van der Waals surface area contributed by atoms with Gasteiger partial charge in [-0.1, -0.05) is 11.8 Å². The summed E-state index contributed by atoms with van der Waals surface area (Å²) in [7, 11) is 0. The molecule has 9 nitrogen and oxygen atoms in total. The Morgan fingerprint density at radius 1 is 1.29 bits per heavy atom. The van der Waals surface area contributed by atoms with E-state index in [4.69, 9.17) is 5.73 Å². The van der Waals surface area contributed by atoms with Crippen LogP contribution in [0, 0.1) is 24.0 Å². The Morgan fingerprint density at radius 2 is 2.05 bits per heavy atom. The molecule has 2 aromatic rings. The minimum atomic E-state index is -0.425. The molecule has 0 saturated heterocycles. The van der Waals surface area contributed by atoms with E-state index in [2.05, 4.69) is 15.2 Å². The zero-order chi connectivity index (χ0) is 15.4. The van der Waals surface area contributed by atoms with Gasteiger partial charge in [0, 0.05) is 25.8 Å². The van der Waals surface area contributed by atoms with Crippen molar-refractivity contribution < 1.29 is 4.92 Å². The van der Waals surface area contributed by atoms with E-state index in [-0.39, 0.29) is 5.82 Å². The van der Waals surface area contributed by atoms with Gasteiger partial charge < -0.3 is 20.4 Å². The first kappa shape index (κ1) is 15.4. The van der Waals surface area contributed by atoms with E-state index < -0.39 is 4.92 Å². The molecule has 0 aromatic carbocycles. The third-order valence-electron chi connectivity index (χ3n) is 3.02. The molecule has 0 fully saturated rings. The smallest absolute Gasteiger partial charge is 0.342 e. The van der Waals surface area contributed by atoms with Crippen LogP contribution in [0.3, 0.4) is 0 Å². The summed E-state index contributed by atoms with van der Waals surface area (Å²) in [5.41, 5.74) is 5.56. The molecule has 0 bridgehead atoms. The third kappa shape index (κ3) is 3.39. The third-order valence-corrected chi connectivity index (χ3v) is 3.97. The van der Waals surface area contributed by atoms with Gasteiger partial charge in [0.05, 0.1) is 0 Å². The summed E-state index contributed by atoms with van der Waals surface area (Å²) in [6.45, 7) is 5.28. The molecule has 114 valence electrons. The van der Waals surface area contributed by atoms with Crippen molar-refractivity contribution in [2.75, 3.05) is 12.3 Å². The van der Waals surface area contributed by atoms with Crippen LogP contribution in [-0.2, 0) is 13.1 Å². The molecule has 0 saturated carbocycles. The summed E-state index contributed by atoms with van der Waals surface area (Å²) >= 11 is 1.50. The highest BCUT2D eigenvalue weighted by Gasteiger charge is 2.17. The number of hydrogen-bond acceptors (Lipinski definition) is 7. The summed E-state index contributed by atoms with van der Waals surface area (Å²) in [6, 6.07) is 0. The number of aromatic nitrogens is 5. The SMILES string of the molecule is Cc1ncc([N+](=O)[O-])n1CCSc1nnc(C)n1CCN. The second-order valence-corrected chi connectivity index (χ2v) is 5.45. The Morgan fingerprint density at radius 3 is 2.71 bits per heavy atom. The molecule has 0 aliphatic heterocycles. The zero-order valence-electron chi connectivity index (χ0n) is 11.9. The van der Waals surface area contributed by atoms with Gasteiger partial charge >= 0.3 is 5.82 Å². The van der Waals surface area contributed by atoms with Gasteiger partial charge in [-0.15, -0.1) is 10.2 Å². The number of imidazole rings is 1. The first-order valence-electron chi connectivity index (χ1n) is 6.43. The van der Waals surface area contributed by atoms with Crippen molar-refractivity contribution in [2.24, 2.45) is 5.73 Å². The lowest BCUT2D eigenvalue weighted by Gasteiger charge is -2.06. The Kier molecular flexibility index (Phi) is 4.91. The van der Waals surface area contributed by atoms with E-state index in [0.717, 1.165) is 11.0 Å². The molecular formula is C11H17N7O2S. The molecule has 2 aromatic heterocycles. The molecule has 21 heavy (non-hydrogen) atoms. The average molecular weight is 311 g/mol. The molecule has 2 N–H and O–H groups in total. The predicted molar refractivity (Wildman–Crippen MR) is 78.2 cm³/mol. The number of aryl methyl sites for hydroxylation is 2. The maximum Gasteiger partial charge on any atom is 0.342 e. The van der Waals surface area contributed by atoms with Crippen LogP contribution in [0.15, 0.2) is 11.4 Å². The van der Waals surface area contributed by atoms with E-state index in [1.54, 1.807) is 11.5 Å². The van der Waals surface area contributed by atoms with Crippen molar-refractivity contribution in [1.82, 2.24) is 24.3 Å². The fraction of sp³-hybridized carbons (Fsp3) is 0.545. The number of rotatable bonds is 7. The lowest BCUT2D eigenvalue weighted by molar-refractivity contribution is -0.392. The quantitative estimate of drug-likeness (QED) is 0.455. The molecule has 0 radical (unpaired) electrons. The van der Waals surface area contributed by atoms with Crippen molar-refractivity contribution in [1.29, 1.82) is 0 Å². The predicted octanol–water partition coefficient (Wildman–Crippen LogP) is 0.751. The van der Waals surface area contributed by atoms with Crippen molar-refractivity contribution in [3.05, 3.63) is 28.0 Å². The second-order valence-electron chi connectivity index (χ2n) is 4.39. The van der Waals surface area contributed by atoms with Gasteiger partial charge in [-0.25, -0.2) is 9.55 Å². The highest BCUT2D eigenvalue weighted by atomic mass is 32.2. The normalized spacial score (nSPS) is 11.0.